The van der Waals surface area contributed by atoms with E-state index in [0.717, 1.165) is 10.2 Å². The van der Waals surface area contributed by atoms with Gasteiger partial charge in [0.25, 0.3) is 0 Å². The maximum absolute atomic E-state index is 13.5. The van der Waals surface area contributed by atoms with Gasteiger partial charge in [-0.05, 0) is 30.7 Å². The van der Waals surface area contributed by atoms with Crippen LogP contribution in [0.5, 0.6) is 5.75 Å². The molecular weight excluding hydrogens is 327 g/mol. The SMILES string of the molecule is CCn1ncc(OC)c1C(NN)c1cc(F)ccc1Br. The van der Waals surface area contributed by atoms with Crippen LogP contribution in [0.2, 0.25) is 0 Å². The van der Waals surface area contributed by atoms with Crippen LogP contribution in [0.15, 0.2) is 28.9 Å². The summed E-state index contributed by atoms with van der Waals surface area (Å²) in [5, 5.41) is 4.24. The van der Waals surface area contributed by atoms with Crippen molar-refractivity contribution in [3.8, 4) is 5.75 Å². The van der Waals surface area contributed by atoms with Crippen LogP contribution >= 0.6 is 15.9 Å². The number of hydrogen-bond donors (Lipinski definition) is 2. The van der Waals surface area contributed by atoms with Crippen molar-refractivity contribution in [2.45, 2.75) is 19.5 Å². The van der Waals surface area contributed by atoms with Crippen molar-refractivity contribution in [1.29, 1.82) is 0 Å². The first kappa shape index (κ1) is 15.0. The molecule has 0 bridgehead atoms. The van der Waals surface area contributed by atoms with Gasteiger partial charge in [0.05, 0.1) is 19.3 Å². The summed E-state index contributed by atoms with van der Waals surface area (Å²) in [6.45, 7) is 2.62. The molecule has 1 aromatic carbocycles. The van der Waals surface area contributed by atoms with Gasteiger partial charge in [0, 0.05) is 11.0 Å². The predicted molar refractivity (Wildman–Crippen MR) is 77.7 cm³/mol. The van der Waals surface area contributed by atoms with Crippen LogP contribution in [0.3, 0.4) is 0 Å². The van der Waals surface area contributed by atoms with Gasteiger partial charge in [0.1, 0.15) is 11.5 Å². The van der Waals surface area contributed by atoms with Crippen molar-refractivity contribution in [3.63, 3.8) is 0 Å². The predicted octanol–water partition coefficient (Wildman–Crippen LogP) is 2.37. The second kappa shape index (κ2) is 6.34. The van der Waals surface area contributed by atoms with Gasteiger partial charge in [-0.1, -0.05) is 15.9 Å². The number of aromatic nitrogens is 2. The van der Waals surface area contributed by atoms with Crippen molar-refractivity contribution in [1.82, 2.24) is 15.2 Å². The molecular formula is C13H16BrFN4O. The molecule has 0 saturated carbocycles. The molecule has 108 valence electrons. The van der Waals surface area contributed by atoms with Crippen molar-refractivity contribution in [2.75, 3.05) is 7.11 Å². The van der Waals surface area contributed by atoms with Crippen molar-refractivity contribution >= 4 is 15.9 Å². The Hall–Kier alpha value is -1.44. The summed E-state index contributed by atoms with van der Waals surface area (Å²) in [6.07, 6.45) is 1.62. The zero-order valence-corrected chi connectivity index (χ0v) is 12.8. The van der Waals surface area contributed by atoms with Gasteiger partial charge in [-0.15, -0.1) is 0 Å². The molecule has 0 amide bonds. The number of hydrazine groups is 1. The molecule has 0 saturated heterocycles. The molecule has 3 N–H and O–H groups in total. The third-order valence-corrected chi connectivity index (χ3v) is 3.80. The van der Waals surface area contributed by atoms with E-state index in [1.807, 2.05) is 6.92 Å². The van der Waals surface area contributed by atoms with Crippen LogP contribution in [0, 0.1) is 5.82 Å². The second-order valence-electron chi connectivity index (χ2n) is 4.18. The van der Waals surface area contributed by atoms with Crippen LogP contribution in [0.1, 0.15) is 24.2 Å². The summed E-state index contributed by atoms with van der Waals surface area (Å²) < 4.78 is 21.3. The largest absolute Gasteiger partial charge is 0.493 e. The third kappa shape index (κ3) is 2.70. The minimum absolute atomic E-state index is 0.329. The standard InChI is InChI=1S/C13H16BrFN4O/c1-3-19-13(11(20-2)7-17-19)12(18-16)9-6-8(15)4-5-10(9)14/h4-7,12,18H,3,16H2,1-2H3. The number of methoxy groups -OCH3 is 1. The summed E-state index contributed by atoms with van der Waals surface area (Å²) in [5.41, 5.74) is 4.14. The van der Waals surface area contributed by atoms with E-state index >= 15 is 0 Å². The van der Waals surface area contributed by atoms with Gasteiger partial charge in [-0.3, -0.25) is 10.5 Å². The highest BCUT2D eigenvalue weighted by Gasteiger charge is 2.24. The van der Waals surface area contributed by atoms with E-state index in [4.69, 9.17) is 10.6 Å². The minimum Gasteiger partial charge on any atom is -0.493 e. The Bertz CT molecular complexity index is 581. The smallest absolute Gasteiger partial charge is 0.161 e. The normalized spacial score (nSPS) is 12.4. The summed E-state index contributed by atoms with van der Waals surface area (Å²) >= 11 is 3.42. The summed E-state index contributed by atoms with van der Waals surface area (Å²) in [4.78, 5) is 0. The van der Waals surface area contributed by atoms with Gasteiger partial charge < -0.3 is 4.74 Å². The average molecular weight is 343 g/mol. The summed E-state index contributed by atoms with van der Waals surface area (Å²) in [7, 11) is 1.56. The molecule has 0 fully saturated rings. The molecule has 1 aromatic heterocycles. The van der Waals surface area contributed by atoms with Crippen LogP contribution in [-0.2, 0) is 6.54 Å². The van der Waals surface area contributed by atoms with Crippen LogP contribution < -0.4 is 16.0 Å². The molecule has 1 heterocycles. The number of nitrogens with one attached hydrogen (secondary N) is 1. The number of nitrogens with zero attached hydrogens (tertiary/aromatic N) is 2. The molecule has 0 spiro atoms. The Labute approximate surface area is 125 Å². The first-order valence-electron chi connectivity index (χ1n) is 6.13. The molecule has 0 radical (unpaired) electrons. The highest BCUT2D eigenvalue weighted by Crippen LogP contribution is 2.33. The number of ether oxygens (including phenoxy) is 1. The van der Waals surface area contributed by atoms with Crippen LogP contribution in [-0.4, -0.2) is 16.9 Å². The maximum atomic E-state index is 13.5. The van der Waals surface area contributed by atoms with Gasteiger partial charge in [0.2, 0.25) is 0 Å². The lowest BCUT2D eigenvalue weighted by atomic mass is 10.0. The molecule has 1 unspecified atom stereocenters. The Morgan fingerprint density at radius 1 is 1.55 bits per heavy atom. The lowest BCUT2D eigenvalue weighted by Crippen LogP contribution is -2.31. The average Bonchev–Trinajstić information content (AvgIpc) is 2.86. The number of rotatable bonds is 5. The maximum Gasteiger partial charge on any atom is 0.161 e. The number of hydrogen-bond acceptors (Lipinski definition) is 4. The monoisotopic (exact) mass is 342 g/mol. The molecule has 7 heteroatoms. The topological polar surface area (TPSA) is 65.1 Å². The van der Waals surface area contributed by atoms with E-state index in [-0.39, 0.29) is 5.82 Å². The Balaban J connectivity index is 2.57. The zero-order chi connectivity index (χ0) is 14.7. The first-order chi connectivity index (χ1) is 9.62. The summed E-state index contributed by atoms with van der Waals surface area (Å²) in [6, 6.07) is 4.03. The number of nitrogens with two attached hydrogens (primary N) is 1. The van der Waals surface area contributed by atoms with E-state index in [9.17, 15) is 4.39 Å². The minimum atomic E-state index is -0.433. The number of benzene rings is 1. The molecule has 0 aliphatic heterocycles. The Kier molecular flexibility index (Phi) is 4.74. The number of aryl methyl sites for hydroxylation is 1. The lowest BCUT2D eigenvalue weighted by molar-refractivity contribution is 0.399. The highest BCUT2D eigenvalue weighted by atomic mass is 79.9. The number of halogens is 2. The molecule has 0 aliphatic carbocycles. The molecule has 2 rings (SSSR count). The Morgan fingerprint density at radius 3 is 2.90 bits per heavy atom. The van der Waals surface area contributed by atoms with Gasteiger partial charge in [-0.25, -0.2) is 9.82 Å². The zero-order valence-electron chi connectivity index (χ0n) is 11.2. The van der Waals surface area contributed by atoms with Crippen molar-refractivity contribution in [3.05, 3.63) is 45.9 Å². The molecule has 2 aromatic rings. The molecule has 20 heavy (non-hydrogen) atoms. The molecule has 1 atom stereocenters. The van der Waals surface area contributed by atoms with E-state index in [1.165, 1.54) is 12.1 Å². The fraction of sp³-hybridized carbons (Fsp3) is 0.308. The van der Waals surface area contributed by atoms with Gasteiger partial charge in [-0.2, -0.15) is 5.10 Å². The van der Waals surface area contributed by atoms with E-state index in [1.54, 1.807) is 24.1 Å². The first-order valence-corrected chi connectivity index (χ1v) is 6.92. The van der Waals surface area contributed by atoms with Crippen molar-refractivity contribution < 1.29 is 9.13 Å². The Morgan fingerprint density at radius 2 is 2.30 bits per heavy atom. The van der Waals surface area contributed by atoms with Crippen LogP contribution in [0.4, 0.5) is 4.39 Å². The fourth-order valence-corrected chi connectivity index (χ4v) is 2.61. The van der Waals surface area contributed by atoms with E-state index < -0.39 is 6.04 Å². The van der Waals surface area contributed by atoms with Crippen LogP contribution in [0.25, 0.3) is 0 Å². The second-order valence-corrected chi connectivity index (χ2v) is 5.03. The van der Waals surface area contributed by atoms with Crippen molar-refractivity contribution in [2.24, 2.45) is 5.84 Å². The van der Waals surface area contributed by atoms with Gasteiger partial charge in [0.15, 0.2) is 5.75 Å². The fourth-order valence-electron chi connectivity index (χ4n) is 2.13. The van der Waals surface area contributed by atoms with E-state index in [2.05, 4.69) is 26.5 Å². The third-order valence-electron chi connectivity index (χ3n) is 3.07. The quantitative estimate of drug-likeness (QED) is 0.646. The van der Waals surface area contributed by atoms with E-state index in [0.29, 0.717) is 17.9 Å². The highest BCUT2D eigenvalue weighted by molar-refractivity contribution is 9.10. The summed E-state index contributed by atoms with van der Waals surface area (Å²) in [5.74, 6) is 5.95. The molecule has 0 aliphatic rings. The lowest BCUT2D eigenvalue weighted by Gasteiger charge is -2.20. The van der Waals surface area contributed by atoms with Gasteiger partial charge >= 0.3 is 0 Å². The molecule has 5 nitrogen and oxygen atoms in total.